The van der Waals surface area contributed by atoms with Crippen LogP contribution in [0, 0.1) is 0 Å². The molecule has 17 nitrogen and oxygen atoms in total. The Morgan fingerprint density at radius 2 is 1.75 bits per heavy atom. The summed E-state index contributed by atoms with van der Waals surface area (Å²) in [7, 11) is 1.83. The van der Waals surface area contributed by atoms with Gasteiger partial charge in [0.2, 0.25) is 11.8 Å². The Morgan fingerprint density at radius 3 is 2.48 bits per heavy atom. The second kappa shape index (κ2) is 17.6. The Kier molecular flexibility index (Phi) is 12.0. The van der Waals surface area contributed by atoms with E-state index in [-0.39, 0.29) is 36.0 Å². The van der Waals surface area contributed by atoms with E-state index in [2.05, 4.69) is 44.5 Å². The van der Waals surface area contributed by atoms with Gasteiger partial charge in [-0.25, -0.2) is 14.8 Å². The van der Waals surface area contributed by atoms with Crippen molar-refractivity contribution in [3.63, 3.8) is 0 Å². The molecular weight excluding hydrogens is 781 g/mol. The number of aromatic nitrogens is 2. The normalized spacial score (nSPS) is 21.9. The van der Waals surface area contributed by atoms with E-state index in [9.17, 15) is 28.8 Å². The smallest absolute Gasteiger partial charge is 0.320 e. The minimum atomic E-state index is -0.987. The topological polar surface area (TPSA) is 204 Å². The average molecular weight is 835 g/mol. The van der Waals surface area contributed by atoms with E-state index in [1.165, 1.54) is 5.56 Å². The predicted molar refractivity (Wildman–Crippen MR) is 226 cm³/mol. The number of benzene rings is 2. The highest BCUT2D eigenvalue weighted by atomic mass is 16.5. The summed E-state index contributed by atoms with van der Waals surface area (Å²) in [5.41, 5.74) is 9.15. The number of nitrogens with zero attached hydrogens (tertiary/aromatic N) is 7. The highest BCUT2D eigenvalue weighted by Gasteiger charge is 2.45. The number of fused-ring (bicyclic) bond motifs is 1. The predicted octanol–water partition coefficient (Wildman–Crippen LogP) is 3.06. The Morgan fingerprint density at radius 1 is 0.967 bits per heavy atom. The molecule has 0 aliphatic carbocycles. The SMILES string of the molecule is CN1CCN([C@@H]2CCCN(c3cnc(C(N)=O)c(Nc4ccc(C5(C)CCN(CCOCCCc6cccc7c6C(=O)N(C6CCC(=O)NC6=O)C7=O)CC5)cc4)n3)C2)C1=O. The van der Waals surface area contributed by atoms with Crippen LogP contribution in [-0.4, -0.2) is 143 Å². The molecule has 0 radical (unpaired) electrons. The van der Waals surface area contributed by atoms with Crippen LogP contribution in [0.3, 0.4) is 0 Å². The van der Waals surface area contributed by atoms with Crippen molar-refractivity contribution in [1.29, 1.82) is 0 Å². The van der Waals surface area contributed by atoms with Gasteiger partial charge in [-0.1, -0.05) is 31.2 Å². The minimum absolute atomic E-state index is 0.00706. The number of hydrogen-bond acceptors (Lipinski definition) is 12. The summed E-state index contributed by atoms with van der Waals surface area (Å²) >= 11 is 0. The van der Waals surface area contributed by atoms with E-state index in [1.54, 1.807) is 23.2 Å². The molecule has 0 spiro atoms. The van der Waals surface area contributed by atoms with E-state index in [1.807, 2.05) is 30.1 Å². The highest BCUT2D eigenvalue weighted by Crippen LogP contribution is 2.36. The molecule has 2 atom stereocenters. The van der Waals surface area contributed by atoms with Crippen LogP contribution in [0.4, 0.5) is 22.1 Å². The third-order valence-electron chi connectivity index (χ3n) is 13.0. The van der Waals surface area contributed by atoms with Crippen LogP contribution in [0.15, 0.2) is 48.7 Å². The molecule has 8 rings (SSSR count). The summed E-state index contributed by atoms with van der Waals surface area (Å²) in [6.07, 6.45) is 6.82. The monoisotopic (exact) mass is 834 g/mol. The lowest BCUT2D eigenvalue weighted by Gasteiger charge is -2.40. The number of nitrogens with one attached hydrogen (secondary N) is 2. The molecule has 2 aromatic carbocycles. The van der Waals surface area contributed by atoms with Crippen molar-refractivity contribution < 1.29 is 33.5 Å². The fourth-order valence-corrected chi connectivity index (χ4v) is 9.33. The zero-order valence-electron chi connectivity index (χ0n) is 34.9. The number of nitrogens with two attached hydrogens (primary N) is 1. The van der Waals surface area contributed by atoms with Crippen LogP contribution >= 0.6 is 0 Å². The number of piperidine rings is 3. The van der Waals surface area contributed by atoms with Gasteiger partial charge in [-0.2, -0.15) is 0 Å². The second-order valence-electron chi connectivity index (χ2n) is 17.0. The minimum Gasteiger partial charge on any atom is -0.380 e. The Hall–Kier alpha value is -5.94. The number of imide groups is 2. The van der Waals surface area contributed by atoms with Crippen molar-refractivity contribution in [2.24, 2.45) is 5.73 Å². The summed E-state index contributed by atoms with van der Waals surface area (Å²) in [6.45, 7) is 8.90. The zero-order chi connectivity index (χ0) is 42.8. The first-order chi connectivity index (χ1) is 29.4. The maximum absolute atomic E-state index is 13.4. The van der Waals surface area contributed by atoms with Crippen molar-refractivity contribution in [3.8, 4) is 0 Å². The molecule has 0 saturated carbocycles. The van der Waals surface area contributed by atoms with Gasteiger partial charge in [-0.3, -0.25) is 34.2 Å². The van der Waals surface area contributed by atoms with Gasteiger partial charge in [0.15, 0.2) is 11.5 Å². The van der Waals surface area contributed by atoms with Gasteiger partial charge in [0.1, 0.15) is 11.9 Å². The molecule has 5 aliphatic heterocycles. The number of primary amides is 1. The molecular formula is C44H54N10O7. The maximum atomic E-state index is 13.4. The molecule has 7 amide bonds. The molecule has 0 bridgehead atoms. The van der Waals surface area contributed by atoms with Crippen molar-refractivity contribution in [2.75, 3.05) is 76.3 Å². The number of anilines is 3. The lowest BCUT2D eigenvalue weighted by Crippen LogP contribution is -2.54. The first kappa shape index (κ1) is 41.8. The van der Waals surface area contributed by atoms with Gasteiger partial charge in [-0.15, -0.1) is 0 Å². The van der Waals surface area contributed by atoms with Gasteiger partial charge in [0.05, 0.1) is 30.0 Å². The Bertz CT molecular complexity index is 2210. The van der Waals surface area contributed by atoms with Crippen molar-refractivity contribution in [2.45, 2.75) is 75.8 Å². The van der Waals surface area contributed by atoms with Gasteiger partial charge >= 0.3 is 6.03 Å². The molecule has 5 aliphatic rings. The summed E-state index contributed by atoms with van der Waals surface area (Å²) < 4.78 is 6.01. The summed E-state index contributed by atoms with van der Waals surface area (Å²) in [6, 6.07) is 12.6. The molecule has 4 N–H and O–H groups in total. The van der Waals surface area contributed by atoms with Crippen LogP contribution in [0.25, 0.3) is 0 Å². The van der Waals surface area contributed by atoms with Crippen molar-refractivity contribution >= 4 is 52.9 Å². The third-order valence-corrected chi connectivity index (χ3v) is 13.0. The molecule has 17 heteroatoms. The highest BCUT2D eigenvalue weighted by molar-refractivity contribution is 6.24. The molecule has 61 heavy (non-hydrogen) atoms. The molecule has 3 aromatic rings. The van der Waals surface area contributed by atoms with Crippen LogP contribution in [0.2, 0.25) is 0 Å². The van der Waals surface area contributed by atoms with Crippen molar-refractivity contribution in [1.82, 2.24) is 34.9 Å². The number of urea groups is 1. The maximum Gasteiger partial charge on any atom is 0.320 e. The average Bonchev–Trinajstić information content (AvgIpc) is 3.73. The largest absolute Gasteiger partial charge is 0.380 e. The van der Waals surface area contributed by atoms with Gasteiger partial charge in [0.25, 0.3) is 17.7 Å². The van der Waals surface area contributed by atoms with E-state index in [4.69, 9.17) is 15.5 Å². The quantitative estimate of drug-likeness (QED) is 0.159. The Labute approximate surface area is 354 Å². The number of amides is 7. The first-order valence-electron chi connectivity index (χ1n) is 21.3. The fourth-order valence-electron chi connectivity index (χ4n) is 9.33. The number of likely N-dealkylation sites (tertiary alicyclic amines) is 1. The fraction of sp³-hybridized carbons (Fsp3) is 0.500. The molecule has 322 valence electrons. The first-order valence-corrected chi connectivity index (χ1v) is 21.3. The summed E-state index contributed by atoms with van der Waals surface area (Å²) in [4.78, 5) is 94.1. The van der Waals surface area contributed by atoms with E-state index >= 15 is 0 Å². The summed E-state index contributed by atoms with van der Waals surface area (Å²) in [5, 5.41) is 5.53. The third kappa shape index (κ3) is 8.66. The molecule has 4 fully saturated rings. The second-order valence-corrected chi connectivity index (χ2v) is 17.0. The van der Waals surface area contributed by atoms with Crippen LogP contribution in [0.1, 0.15) is 94.2 Å². The molecule has 1 aromatic heterocycles. The van der Waals surface area contributed by atoms with Crippen LogP contribution < -0.4 is 21.3 Å². The van der Waals surface area contributed by atoms with Gasteiger partial charge < -0.3 is 35.4 Å². The standard InChI is InChI=1S/C44H54N10O7/c1-44(29-10-12-30(13-11-29)47-39-37(38(45)56)46-26-34(48-39)52-18-4-8-31(27-52)53-22-21-50(2)43(53)60)16-19-51(20-17-44)23-25-61-24-5-7-28-6-3-9-32-36(28)42(59)54(41(32)58)33-14-15-35(55)49-40(33)57/h3,6,9-13,26,31,33H,4-5,7-8,14-25,27H2,1-2H3,(H2,45,56)(H,47,48)(H,49,55,57)/t31-,33?/m1/s1. The lowest BCUT2D eigenvalue weighted by molar-refractivity contribution is -0.136. The van der Waals surface area contributed by atoms with Gasteiger partial charge in [0, 0.05) is 58.5 Å². The summed E-state index contributed by atoms with van der Waals surface area (Å²) in [5.74, 6) is -1.74. The van der Waals surface area contributed by atoms with Crippen LogP contribution in [-0.2, 0) is 26.2 Å². The number of ether oxygens (including phenoxy) is 1. The molecule has 1 unspecified atom stereocenters. The number of carbonyl (C=O) groups excluding carboxylic acids is 6. The number of rotatable bonds is 14. The number of hydrogen-bond donors (Lipinski definition) is 3. The number of likely N-dealkylation sites (N-methyl/N-ethyl adjacent to an activating group) is 1. The van der Waals surface area contributed by atoms with E-state index in [0.717, 1.165) is 74.6 Å². The molecule has 6 heterocycles. The van der Waals surface area contributed by atoms with E-state index in [0.29, 0.717) is 61.9 Å². The zero-order valence-corrected chi connectivity index (χ0v) is 34.9. The van der Waals surface area contributed by atoms with Crippen molar-refractivity contribution in [3.05, 3.63) is 76.6 Å². The lowest BCUT2D eigenvalue weighted by atomic mass is 9.74. The number of carbonyl (C=O) groups is 6. The Balaban J connectivity index is 0.793. The molecule has 4 saturated heterocycles. The van der Waals surface area contributed by atoms with Crippen LogP contribution in [0.5, 0.6) is 0 Å². The van der Waals surface area contributed by atoms with Gasteiger partial charge in [-0.05, 0) is 92.8 Å². The number of aryl methyl sites for hydroxylation is 1. The van der Waals surface area contributed by atoms with E-state index < -0.39 is 35.6 Å².